The zero-order valence-electron chi connectivity index (χ0n) is 13.2. The van der Waals surface area contributed by atoms with Crippen molar-refractivity contribution >= 4 is 18.3 Å². The van der Waals surface area contributed by atoms with Crippen molar-refractivity contribution in [3.05, 3.63) is 0 Å². The van der Waals surface area contributed by atoms with E-state index in [0.29, 0.717) is 25.0 Å². The van der Waals surface area contributed by atoms with Crippen LogP contribution in [0, 0.1) is 5.92 Å². The monoisotopic (exact) mass is 320 g/mol. The molecule has 2 fully saturated rings. The van der Waals surface area contributed by atoms with Crippen molar-refractivity contribution in [1.29, 1.82) is 0 Å². The van der Waals surface area contributed by atoms with Gasteiger partial charge in [0, 0.05) is 38.7 Å². The SMILES string of the molecule is CC(C)COC1CCN(C(=O)CC2COCCN2)CC1.Cl. The standard InChI is InChI=1S/C15H28N2O3.ClH/c1-12(2)10-20-14-3-6-17(7-4-14)15(18)9-13-11-19-8-5-16-13;/h12-14,16H,3-11H2,1-2H3;1H. The van der Waals surface area contributed by atoms with Gasteiger partial charge in [-0.3, -0.25) is 4.79 Å². The summed E-state index contributed by atoms with van der Waals surface area (Å²) in [6.07, 6.45) is 2.81. The lowest BCUT2D eigenvalue weighted by molar-refractivity contribution is -0.135. The van der Waals surface area contributed by atoms with E-state index < -0.39 is 0 Å². The highest BCUT2D eigenvalue weighted by Crippen LogP contribution is 2.16. The summed E-state index contributed by atoms with van der Waals surface area (Å²) in [6.45, 7) is 9.06. The summed E-state index contributed by atoms with van der Waals surface area (Å²) in [5.41, 5.74) is 0. The maximum atomic E-state index is 12.2. The minimum Gasteiger partial charge on any atom is -0.378 e. The second-order valence-corrected chi connectivity index (χ2v) is 6.24. The Labute approximate surface area is 134 Å². The van der Waals surface area contributed by atoms with Gasteiger partial charge in [-0.2, -0.15) is 0 Å². The van der Waals surface area contributed by atoms with E-state index in [1.165, 1.54) is 0 Å². The van der Waals surface area contributed by atoms with Crippen molar-refractivity contribution in [2.75, 3.05) is 39.5 Å². The van der Waals surface area contributed by atoms with Gasteiger partial charge in [-0.05, 0) is 18.8 Å². The molecule has 6 heteroatoms. The number of morpholine rings is 1. The fourth-order valence-electron chi connectivity index (χ4n) is 2.69. The van der Waals surface area contributed by atoms with E-state index in [9.17, 15) is 4.79 Å². The van der Waals surface area contributed by atoms with E-state index in [2.05, 4.69) is 19.2 Å². The number of amides is 1. The maximum absolute atomic E-state index is 12.2. The van der Waals surface area contributed by atoms with Crippen molar-refractivity contribution in [3.63, 3.8) is 0 Å². The lowest BCUT2D eigenvalue weighted by atomic mass is 10.1. The summed E-state index contributed by atoms with van der Waals surface area (Å²) in [4.78, 5) is 14.2. The highest BCUT2D eigenvalue weighted by molar-refractivity contribution is 5.85. The van der Waals surface area contributed by atoms with Gasteiger partial charge in [-0.15, -0.1) is 12.4 Å². The smallest absolute Gasteiger partial charge is 0.224 e. The molecule has 2 rings (SSSR count). The van der Waals surface area contributed by atoms with Crippen LogP contribution in [0.2, 0.25) is 0 Å². The number of likely N-dealkylation sites (tertiary alicyclic amines) is 1. The number of hydrogen-bond donors (Lipinski definition) is 1. The van der Waals surface area contributed by atoms with Crippen LogP contribution in [0.5, 0.6) is 0 Å². The molecule has 0 aromatic rings. The first-order chi connectivity index (χ1) is 9.65. The third-order valence-electron chi connectivity index (χ3n) is 3.88. The zero-order chi connectivity index (χ0) is 14.4. The van der Waals surface area contributed by atoms with Gasteiger partial charge >= 0.3 is 0 Å². The quantitative estimate of drug-likeness (QED) is 0.833. The number of ether oxygens (including phenoxy) is 2. The summed E-state index contributed by atoms with van der Waals surface area (Å²) in [5, 5.41) is 3.33. The molecule has 0 aromatic heterocycles. The summed E-state index contributed by atoms with van der Waals surface area (Å²) in [7, 11) is 0. The minimum absolute atomic E-state index is 0. The van der Waals surface area contributed by atoms with Crippen LogP contribution in [-0.2, 0) is 14.3 Å². The Morgan fingerprint density at radius 3 is 2.67 bits per heavy atom. The highest BCUT2D eigenvalue weighted by atomic mass is 35.5. The van der Waals surface area contributed by atoms with E-state index in [-0.39, 0.29) is 24.4 Å². The summed E-state index contributed by atoms with van der Waals surface area (Å²) in [5.74, 6) is 0.822. The third-order valence-corrected chi connectivity index (χ3v) is 3.88. The van der Waals surface area contributed by atoms with Gasteiger partial charge in [0.05, 0.1) is 19.3 Å². The Kier molecular flexibility index (Phi) is 8.56. The average Bonchev–Trinajstić information content (AvgIpc) is 2.46. The molecule has 1 N–H and O–H groups in total. The normalized spacial score (nSPS) is 24.0. The van der Waals surface area contributed by atoms with Gasteiger partial charge in [0.2, 0.25) is 5.91 Å². The molecule has 0 aromatic carbocycles. The molecule has 0 radical (unpaired) electrons. The molecule has 5 nitrogen and oxygen atoms in total. The first-order valence-corrected chi connectivity index (χ1v) is 7.85. The largest absolute Gasteiger partial charge is 0.378 e. The number of nitrogens with one attached hydrogen (secondary N) is 1. The van der Waals surface area contributed by atoms with E-state index in [1.54, 1.807) is 0 Å². The number of hydrogen-bond acceptors (Lipinski definition) is 4. The Hall–Kier alpha value is -0.360. The van der Waals surface area contributed by atoms with Gasteiger partial charge < -0.3 is 19.7 Å². The first-order valence-electron chi connectivity index (χ1n) is 7.85. The van der Waals surface area contributed by atoms with E-state index >= 15 is 0 Å². The molecule has 0 spiro atoms. The Balaban J connectivity index is 0.00000220. The predicted octanol–water partition coefficient (Wildman–Crippen LogP) is 1.45. The number of carbonyl (C=O) groups is 1. The highest BCUT2D eigenvalue weighted by Gasteiger charge is 2.25. The second kappa shape index (κ2) is 9.62. The molecule has 2 heterocycles. The summed E-state index contributed by atoms with van der Waals surface area (Å²) < 4.78 is 11.2. The van der Waals surface area contributed by atoms with E-state index in [4.69, 9.17) is 9.47 Å². The molecule has 1 atom stereocenters. The number of carbonyl (C=O) groups excluding carboxylic acids is 1. The maximum Gasteiger partial charge on any atom is 0.224 e. The van der Waals surface area contributed by atoms with Crippen LogP contribution >= 0.6 is 12.4 Å². The van der Waals surface area contributed by atoms with Gasteiger partial charge in [0.1, 0.15) is 0 Å². The van der Waals surface area contributed by atoms with Crippen molar-refractivity contribution in [3.8, 4) is 0 Å². The van der Waals surface area contributed by atoms with Crippen molar-refractivity contribution in [2.45, 2.75) is 45.3 Å². The Morgan fingerprint density at radius 2 is 2.10 bits per heavy atom. The summed E-state index contributed by atoms with van der Waals surface area (Å²) in [6, 6.07) is 0.186. The van der Waals surface area contributed by atoms with Crippen LogP contribution in [-0.4, -0.2) is 62.4 Å². The lowest BCUT2D eigenvalue weighted by Crippen LogP contribution is -2.47. The molecule has 1 unspecified atom stereocenters. The van der Waals surface area contributed by atoms with Crippen LogP contribution in [0.3, 0.4) is 0 Å². The molecule has 2 aliphatic rings. The molecule has 2 saturated heterocycles. The second-order valence-electron chi connectivity index (χ2n) is 6.24. The van der Waals surface area contributed by atoms with Gasteiger partial charge in [0.25, 0.3) is 0 Å². The number of nitrogens with zero attached hydrogens (tertiary/aromatic N) is 1. The van der Waals surface area contributed by atoms with Crippen molar-refractivity contribution < 1.29 is 14.3 Å². The zero-order valence-corrected chi connectivity index (χ0v) is 14.0. The van der Waals surface area contributed by atoms with Gasteiger partial charge in [0.15, 0.2) is 0 Å². The molecule has 1 amide bonds. The molecule has 21 heavy (non-hydrogen) atoms. The Bertz CT molecular complexity index is 301. The van der Waals surface area contributed by atoms with E-state index in [1.807, 2.05) is 4.90 Å². The number of rotatable bonds is 5. The van der Waals surface area contributed by atoms with Gasteiger partial charge in [-0.1, -0.05) is 13.8 Å². The van der Waals surface area contributed by atoms with Crippen LogP contribution in [0.15, 0.2) is 0 Å². The molecule has 0 bridgehead atoms. The number of halogens is 1. The first kappa shape index (κ1) is 18.7. The fraction of sp³-hybridized carbons (Fsp3) is 0.933. The van der Waals surface area contributed by atoms with E-state index in [0.717, 1.165) is 45.7 Å². The lowest BCUT2D eigenvalue weighted by Gasteiger charge is -2.33. The molecular formula is C15H29ClN2O3. The molecule has 124 valence electrons. The van der Waals surface area contributed by atoms with Crippen LogP contribution in [0.1, 0.15) is 33.1 Å². The molecule has 0 saturated carbocycles. The minimum atomic E-state index is 0. The van der Waals surface area contributed by atoms with Crippen LogP contribution < -0.4 is 5.32 Å². The predicted molar refractivity (Wildman–Crippen MR) is 84.9 cm³/mol. The number of piperidine rings is 1. The third kappa shape index (κ3) is 6.51. The topological polar surface area (TPSA) is 50.8 Å². The average molecular weight is 321 g/mol. The molecule has 2 aliphatic heterocycles. The molecular weight excluding hydrogens is 292 g/mol. The fourth-order valence-corrected chi connectivity index (χ4v) is 2.69. The van der Waals surface area contributed by atoms with Crippen LogP contribution in [0.25, 0.3) is 0 Å². The van der Waals surface area contributed by atoms with Crippen LogP contribution in [0.4, 0.5) is 0 Å². The summed E-state index contributed by atoms with van der Waals surface area (Å²) >= 11 is 0. The Morgan fingerprint density at radius 1 is 1.38 bits per heavy atom. The van der Waals surface area contributed by atoms with Crippen molar-refractivity contribution in [2.24, 2.45) is 5.92 Å². The van der Waals surface area contributed by atoms with Gasteiger partial charge in [-0.25, -0.2) is 0 Å². The molecule has 0 aliphatic carbocycles. The van der Waals surface area contributed by atoms with Crippen molar-refractivity contribution in [1.82, 2.24) is 10.2 Å².